The Hall–Kier alpha value is -0.990. The summed E-state index contributed by atoms with van der Waals surface area (Å²) in [6.07, 6.45) is 0. The van der Waals surface area contributed by atoms with E-state index in [1.54, 1.807) is 6.92 Å². The molecule has 5 nitrogen and oxygen atoms in total. The molecular formula is C11H13BrFNO4S. The Morgan fingerprint density at radius 3 is 2.58 bits per heavy atom. The van der Waals surface area contributed by atoms with Crippen LogP contribution in [0.5, 0.6) is 0 Å². The van der Waals surface area contributed by atoms with Gasteiger partial charge in [0.2, 0.25) is 10.0 Å². The summed E-state index contributed by atoms with van der Waals surface area (Å²) in [5.74, 6) is -1.58. The van der Waals surface area contributed by atoms with Crippen LogP contribution in [0.4, 0.5) is 4.39 Å². The van der Waals surface area contributed by atoms with Crippen LogP contribution >= 0.6 is 15.9 Å². The van der Waals surface area contributed by atoms with Crippen LogP contribution in [0, 0.1) is 5.82 Å². The fourth-order valence-electron chi connectivity index (χ4n) is 1.40. The zero-order valence-electron chi connectivity index (χ0n) is 10.4. The van der Waals surface area contributed by atoms with Crippen LogP contribution < -0.4 is 0 Å². The molecular weight excluding hydrogens is 341 g/mol. The van der Waals surface area contributed by atoms with Gasteiger partial charge in [0.1, 0.15) is 17.3 Å². The Balaban J connectivity index is 3.17. The number of rotatable bonds is 5. The van der Waals surface area contributed by atoms with Crippen LogP contribution in [-0.2, 0) is 19.6 Å². The third kappa shape index (κ3) is 3.74. The second-order valence-electron chi connectivity index (χ2n) is 3.58. The first-order chi connectivity index (χ1) is 8.82. The molecule has 0 fully saturated rings. The van der Waals surface area contributed by atoms with Crippen molar-refractivity contribution in [3.63, 3.8) is 0 Å². The minimum absolute atomic E-state index is 0.0347. The predicted octanol–water partition coefficient (Wildman–Crippen LogP) is 1.77. The normalized spacial score (nSPS) is 11.6. The monoisotopic (exact) mass is 353 g/mol. The van der Waals surface area contributed by atoms with E-state index in [4.69, 9.17) is 0 Å². The van der Waals surface area contributed by atoms with Gasteiger partial charge in [-0.3, -0.25) is 4.79 Å². The highest BCUT2D eigenvalue weighted by molar-refractivity contribution is 9.10. The molecule has 0 unspecified atom stereocenters. The van der Waals surface area contributed by atoms with Crippen LogP contribution in [0.2, 0.25) is 0 Å². The second-order valence-corrected chi connectivity index (χ2v) is 6.40. The number of hydrogen-bond donors (Lipinski definition) is 0. The molecule has 0 aliphatic carbocycles. The summed E-state index contributed by atoms with van der Waals surface area (Å²) in [5.41, 5.74) is 0. The van der Waals surface area contributed by atoms with Crippen molar-refractivity contribution in [2.45, 2.75) is 11.8 Å². The van der Waals surface area contributed by atoms with Gasteiger partial charge in [0.25, 0.3) is 0 Å². The summed E-state index contributed by atoms with van der Waals surface area (Å²) in [4.78, 5) is 10.7. The predicted molar refractivity (Wildman–Crippen MR) is 70.5 cm³/mol. The average Bonchev–Trinajstić information content (AvgIpc) is 2.34. The standard InChI is InChI=1S/C11H13BrFNO4S/c1-3-14(7-11(15)18-2)19(16,17)10-5-4-8(12)6-9(10)13/h4-6H,3,7H2,1-2H3. The molecule has 106 valence electrons. The number of esters is 1. The third-order valence-electron chi connectivity index (χ3n) is 2.40. The molecule has 0 spiro atoms. The van der Waals surface area contributed by atoms with Crippen LogP contribution in [-0.4, -0.2) is 38.9 Å². The zero-order valence-corrected chi connectivity index (χ0v) is 12.8. The van der Waals surface area contributed by atoms with Gasteiger partial charge in [0, 0.05) is 11.0 Å². The first kappa shape index (κ1) is 16.1. The number of carbonyl (C=O) groups excluding carboxylic acids is 1. The van der Waals surface area contributed by atoms with Crippen molar-refractivity contribution in [3.8, 4) is 0 Å². The summed E-state index contributed by atoms with van der Waals surface area (Å²) >= 11 is 3.05. The highest BCUT2D eigenvalue weighted by Crippen LogP contribution is 2.22. The molecule has 0 aliphatic rings. The molecule has 1 aromatic rings. The largest absolute Gasteiger partial charge is 0.468 e. The highest BCUT2D eigenvalue weighted by atomic mass is 79.9. The number of benzene rings is 1. The molecule has 0 amide bonds. The van der Waals surface area contributed by atoms with E-state index >= 15 is 0 Å². The Labute approximate surface area is 119 Å². The number of methoxy groups -OCH3 is 1. The maximum absolute atomic E-state index is 13.7. The number of likely N-dealkylation sites (N-methyl/N-ethyl adjacent to an activating group) is 1. The summed E-state index contributed by atoms with van der Waals surface area (Å²) < 4.78 is 43.8. The summed E-state index contributed by atoms with van der Waals surface area (Å²) in [6.45, 7) is 1.13. The highest BCUT2D eigenvalue weighted by Gasteiger charge is 2.28. The van der Waals surface area contributed by atoms with Crippen molar-refractivity contribution in [2.75, 3.05) is 20.2 Å². The van der Waals surface area contributed by atoms with Crippen molar-refractivity contribution in [2.24, 2.45) is 0 Å². The number of carbonyl (C=O) groups is 1. The Morgan fingerprint density at radius 2 is 2.11 bits per heavy atom. The van der Waals surface area contributed by atoms with Gasteiger partial charge in [0.15, 0.2) is 0 Å². The van der Waals surface area contributed by atoms with Crippen LogP contribution in [0.25, 0.3) is 0 Å². The molecule has 8 heteroatoms. The van der Waals surface area contributed by atoms with Gasteiger partial charge in [-0.1, -0.05) is 22.9 Å². The van der Waals surface area contributed by atoms with E-state index in [1.165, 1.54) is 6.07 Å². The lowest BCUT2D eigenvalue weighted by Gasteiger charge is -2.19. The van der Waals surface area contributed by atoms with E-state index < -0.39 is 33.3 Å². The van der Waals surface area contributed by atoms with Gasteiger partial charge < -0.3 is 4.74 Å². The maximum atomic E-state index is 13.7. The molecule has 0 saturated heterocycles. The topological polar surface area (TPSA) is 63.7 Å². The molecule has 1 rings (SSSR count). The number of halogens is 2. The van der Waals surface area contributed by atoms with Crippen molar-refractivity contribution >= 4 is 31.9 Å². The number of hydrogen-bond acceptors (Lipinski definition) is 4. The Morgan fingerprint density at radius 1 is 1.47 bits per heavy atom. The summed E-state index contributed by atoms with van der Waals surface area (Å²) in [5, 5.41) is 0. The fraction of sp³-hybridized carbons (Fsp3) is 0.364. The lowest BCUT2D eigenvalue weighted by Crippen LogP contribution is -2.36. The first-order valence-electron chi connectivity index (χ1n) is 5.35. The van der Waals surface area contributed by atoms with E-state index in [0.29, 0.717) is 4.47 Å². The van der Waals surface area contributed by atoms with Crippen LogP contribution in [0.3, 0.4) is 0 Å². The number of nitrogens with zero attached hydrogens (tertiary/aromatic N) is 1. The van der Waals surface area contributed by atoms with Gasteiger partial charge in [-0.2, -0.15) is 4.31 Å². The van der Waals surface area contributed by atoms with Crippen LogP contribution in [0.15, 0.2) is 27.6 Å². The number of ether oxygens (including phenoxy) is 1. The quantitative estimate of drug-likeness (QED) is 0.756. The molecule has 1 aromatic carbocycles. The number of sulfonamides is 1. The van der Waals surface area contributed by atoms with Gasteiger partial charge in [-0.15, -0.1) is 0 Å². The van der Waals surface area contributed by atoms with E-state index in [2.05, 4.69) is 20.7 Å². The molecule has 0 N–H and O–H groups in total. The minimum Gasteiger partial charge on any atom is -0.468 e. The lowest BCUT2D eigenvalue weighted by molar-refractivity contribution is -0.140. The SMILES string of the molecule is CCN(CC(=O)OC)S(=O)(=O)c1ccc(Br)cc1F. The summed E-state index contributed by atoms with van der Waals surface area (Å²) in [6, 6.07) is 3.62. The lowest BCUT2D eigenvalue weighted by atomic mass is 10.3. The second kappa shape index (κ2) is 6.44. The average molecular weight is 354 g/mol. The van der Waals surface area contributed by atoms with Gasteiger partial charge in [0.05, 0.1) is 7.11 Å². The van der Waals surface area contributed by atoms with Crippen molar-refractivity contribution in [1.82, 2.24) is 4.31 Å². The van der Waals surface area contributed by atoms with E-state index in [0.717, 1.165) is 23.5 Å². The van der Waals surface area contributed by atoms with Gasteiger partial charge in [-0.05, 0) is 18.2 Å². The van der Waals surface area contributed by atoms with Crippen molar-refractivity contribution in [1.29, 1.82) is 0 Å². The Kier molecular flexibility index (Phi) is 5.45. The maximum Gasteiger partial charge on any atom is 0.321 e. The third-order valence-corrected chi connectivity index (χ3v) is 4.84. The van der Waals surface area contributed by atoms with Crippen molar-refractivity contribution in [3.05, 3.63) is 28.5 Å². The van der Waals surface area contributed by atoms with Crippen LogP contribution in [0.1, 0.15) is 6.92 Å². The van der Waals surface area contributed by atoms with E-state index in [1.807, 2.05) is 0 Å². The molecule has 19 heavy (non-hydrogen) atoms. The molecule has 0 radical (unpaired) electrons. The molecule has 0 atom stereocenters. The van der Waals surface area contributed by atoms with Gasteiger partial charge >= 0.3 is 5.97 Å². The molecule has 0 heterocycles. The van der Waals surface area contributed by atoms with E-state index in [9.17, 15) is 17.6 Å². The van der Waals surface area contributed by atoms with Gasteiger partial charge in [-0.25, -0.2) is 12.8 Å². The molecule has 0 aliphatic heterocycles. The fourth-order valence-corrected chi connectivity index (χ4v) is 3.17. The van der Waals surface area contributed by atoms with Crippen molar-refractivity contribution < 1.29 is 22.3 Å². The molecule has 0 bridgehead atoms. The zero-order chi connectivity index (χ0) is 14.6. The smallest absolute Gasteiger partial charge is 0.321 e. The Bertz CT molecular complexity index is 576. The minimum atomic E-state index is -4.07. The van der Waals surface area contributed by atoms with E-state index in [-0.39, 0.29) is 6.54 Å². The molecule has 0 aromatic heterocycles. The first-order valence-corrected chi connectivity index (χ1v) is 7.58. The summed E-state index contributed by atoms with van der Waals surface area (Å²) in [7, 11) is -2.91. The molecule has 0 saturated carbocycles.